The van der Waals surface area contributed by atoms with Crippen LogP contribution in [-0.2, 0) is 11.8 Å². The van der Waals surface area contributed by atoms with Crippen molar-refractivity contribution in [2.45, 2.75) is 70.8 Å². The molecule has 1 N–H and O–H groups in total. The number of phenolic OH excluding ortho intramolecular Hbond substituents is 1. The third-order valence-electron chi connectivity index (χ3n) is 6.30. The van der Waals surface area contributed by atoms with Crippen LogP contribution in [0.3, 0.4) is 0 Å². The SMILES string of the molecule is CCCCCN1CC[C@]2(C)c3cc(O)ccc3C[C@@H]1[C@@H]2CC. The van der Waals surface area contributed by atoms with Crippen molar-refractivity contribution in [1.29, 1.82) is 0 Å². The van der Waals surface area contributed by atoms with Gasteiger partial charge in [0.25, 0.3) is 0 Å². The maximum atomic E-state index is 9.94. The minimum atomic E-state index is 0.243. The van der Waals surface area contributed by atoms with E-state index in [1.807, 2.05) is 12.1 Å². The molecular formula is C20H31NO. The number of fused-ring (bicyclic) bond motifs is 4. The number of benzene rings is 1. The van der Waals surface area contributed by atoms with E-state index in [4.69, 9.17) is 0 Å². The van der Waals surface area contributed by atoms with E-state index in [-0.39, 0.29) is 5.41 Å². The van der Waals surface area contributed by atoms with E-state index < -0.39 is 0 Å². The van der Waals surface area contributed by atoms with Crippen molar-refractivity contribution in [2.24, 2.45) is 5.92 Å². The van der Waals surface area contributed by atoms with E-state index in [1.165, 1.54) is 56.3 Å². The van der Waals surface area contributed by atoms with Crippen LogP contribution in [0.1, 0.15) is 64.0 Å². The zero-order valence-corrected chi connectivity index (χ0v) is 14.4. The number of unbranched alkanes of at least 4 members (excludes halogenated alkanes) is 2. The lowest BCUT2D eigenvalue weighted by atomic mass is 9.57. The van der Waals surface area contributed by atoms with Gasteiger partial charge in [0.05, 0.1) is 0 Å². The van der Waals surface area contributed by atoms with Gasteiger partial charge in [-0.25, -0.2) is 0 Å². The summed E-state index contributed by atoms with van der Waals surface area (Å²) in [6.45, 7) is 9.55. The molecule has 1 saturated heterocycles. The van der Waals surface area contributed by atoms with Gasteiger partial charge in [-0.3, -0.25) is 4.90 Å². The molecule has 1 aliphatic heterocycles. The second-order valence-electron chi connectivity index (χ2n) is 7.54. The van der Waals surface area contributed by atoms with Crippen LogP contribution >= 0.6 is 0 Å². The van der Waals surface area contributed by atoms with Crippen molar-refractivity contribution in [3.63, 3.8) is 0 Å². The number of phenols is 1. The van der Waals surface area contributed by atoms with E-state index >= 15 is 0 Å². The highest BCUT2D eigenvalue weighted by molar-refractivity contribution is 5.44. The summed E-state index contributed by atoms with van der Waals surface area (Å²) in [5, 5.41) is 9.94. The minimum absolute atomic E-state index is 0.243. The first-order valence-corrected chi connectivity index (χ1v) is 9.16. The topological polar surface area (TPSA) is 23.5 Å². The first-order chi connectivity index (χ1) is 10.6. The molecule has 0 saturated carbocycles. The third kappa shape index (κ3) is 2.56. The summed E-state index contributed by atoms with van der Waals surface area (Å²) in [6, 6.07) is 6.77. The first kappa shape index (κ1) is 15.9. The molecule has 0 aromatic heterocycles. The Morgan fingerprint density at radius 3 is 2.82 bits per heavy atom. The molecule has 2 heteroatoms. The van der Waals surface area contributed by atoms with E-state index in [1.54, 1.807) is 0 Å². The van der Waals surface area contributed by atoms with Crippen molar-refractivity contribution in [1.82, 2.24) is 4.90 Å². The summed E-state index contributed by atoms with van der Waals surface area (Å²) in [4.78, 5) is 2.77. The molecule has 122 valence electrons. The van der Waals surface area contributed by atoms with E-state index in [9.17, 15) is 5.11 Å². The monoisotopic (exact) mass is 301 g/mol. The van der Waals surface area contributed by atoms with Gasteiger partial charge >= 0.3 is 0 Å². The number of likely N-dealkylation sites (tertiary alicyclic amines) is 1. The van der Waals surface area contributed by atoms with Gasteiger partial charge in [-0.05, 0) is 66.9 Å². The predicted octanol–water partition coefficient (Wildman–Crippen LogP) is 4.50. The smallest absolute Gasteiger partial charge is 0.115 e. The average Bonchev–Trinajstić information content (AvgIpc) is 2.51. The highest BCUT2D eigenvalue weighted by atomic mass is 16.3. The molecule has 1 heterocycles. The van der Waals surface area contributed by atoms with Gasteiger partial charge in [0.2, 0.25) is 0 Å². The summed E-state index contributed by atoms with van der Waals surface area (Å²) in [5.74, 6) is 1.15. The molecule has 0 amide bonds. The van der Waals surface area contributed by atoms with Crippen LogP contribution in [0.4, 0.5) is 0 Å². The fourth-order valence-corrected chi connectivity index (χ4v) is 5.08. The first-order valence-electron chi connectivity index (χ1n) is 9.16. The van der Waals surface area contributed by atoms with E-state index in [0.29, 0.717) is 11.8 Å². The molecule has 3 rings (SSSR count). The summed E-state index contributed by atoms with van der Waals surface area (Å²) in [7, 11) is 0. The van der Waals surface area contributed by atoms with Gasteiger partial charge < -0.3 is 5.11 Å². The lowest BCUT2D eigenvalue weighted by molar-refractivity contribution is 0.0188. The van der Waals surface area contributed by atoms with Gasteiger partial charge in [0.15, 0.2) is 0 Å². The maximum Gasteiger partial charge on any atom is 0.115 e. The van der Waals surface area contributed by atoms with Crippen LogP contribution in [0, 0.1) is 5.92 Å². The zero-order valence-electron chi connectivity index (χ0n) is 14.4. The number of hydrogen-bond donors (Lipinski definition) is 1. The molecule has 22 heavy (non-hydrogen) atoms. The Balaban J connectivity index is 1.90. The standard InChI is InChI=1S/C20H31NO/c1-4-6-7-11-21-12-10-20(3)17(5-2)19(21)13-15-8-9-16(22)14-18(15)20/h8-9,14,17,19,22H,4-7,10-13H2,1-3H3/t17-,19+,20-/m0/s1. The van der Waals surface area contributed by atoms with Gasteiger partial charge in [-0.15, -0.1) is 0 Å². The third-order valence-corrected chi connectivity index (χ3v) is 6.30. The molecule has 1 aromatic rings. The lowest BCUT2D eigenvalue weighted by Crippen LogP contribution is -2.58. The van der Waals surface area contributed by atoms with Crippen molar-refractivity contribution in [3.8, 4) is 5.75 Å². The number of piperidine rings is 1. The Hall–Kier alpha value is -1.02. The number of aromatic hydroxyl groups is 1. The zero-order chi connectivity index (χ0) is 15.7. The number of nitrogens with zero attached hydrogens (tertiary/aromatic N) is 1. The van der Waals surface area contributed by atoms with Gasteiger partial charge in [0.1, 0.15) is 5.75 Å². The molecule has 1 aliphatic carbocycles. The summed E-state index contributed by atoms with van der Waals surface area (Å²) in [5.41, 5.74) is 3.13. The highest BCUT2D eigenvalue weighted by Gasteiger charge is 2.49. The van der Waals surface area contributed by atoms with Crippen molar-refractivity contribution >= 4 is 0 Å². The minimum Gasteiger partial charge on any atom is -0.508 e. The van der Waals surface area contributed by atoms with Crippen LogP contribution in [0.15, 0.2) is 18.2 Å². The fourth-order valence-electron chi connectivity index (χ4n) is 5.08. The molecule has 0 radical (unpaired) electrons. The maximum absolute atomic E-state index is 9.94. The van der Waals surface area contributed by atoms with Crippen molar-refractivity contribution in [2.75, 3.05) is 13.1 Å². The normalized spacial score (nSPS) is 31.0. The van der Waals surface area contributed by atoms with Gasteiger partial charge in [-0.1, -0.05) is 46.1 Å². The molecule has 0 unspecified atom stereocenters. The Morgan fingerprint density at radius 1 is 1.27 bits per heavy atom. The predicted molar refractivity (Wildman–Crippen MR) is 92.4 cm³/mol. The molecule has 1 aromatic carbocycles. The van der Waals surface area contributed by atoms with Crippen LogP contribution in [0.25, 0.3) is 0 Å². The van der Waals surface area contributed by atoms with E-state index in [2.05, 4.69) is 31.7 Å². The largest absolute Gasteiger partial charge is 0.508 e. The molecule has 2 bridgehead atoms. The van der Waals surface area contributed by atoms with Crippen LogP contribution in [0.5, 0.6) is 5.75 Å². The molecular weight excluding hydrogens is 270 g/mol. The Labute approximate surface area is 135 Å². The van der Waals surface area contributed by atoms with Crippen molar-refractivity contribution in [3.05, 3.63) is 29.3 Å². The molecule has 1 fully saturated rings. The number of hydrogen-bond acceptors (Lipinski definition) is 2. The highest BCUT2D eigenvalue weighted by Crippen LogP contribution is 2.50. The summed E-state index contributed by atoms with van der Waals surface area (Å²) < 4.78 is 0. The van der Waals surface area contributed by atoms with Gasteiger partial charge in [-0.2, -0.15) is 0 Å². The quantitative estimate of drug-likeness (QED) is 0.810. The Morgan fingerprint density at radius 2 is 2.09 bits per heavy atom. The fraction of sp³-hybridized carbons (Fsp3) is 0.700. The summed E-state index contributed by atoms with van der Waals surface area (Å²) in [6.07, 6.45) is 7.61. The second kappa shape index (κ2) is 6.23. The molecule has 3 atom stereocenters. The van der Waals surface area contributed by atoms with Crippen LogP contribution in [0.2, 0.25) is 0 Å². The Kier molecular flexibility index (Phi) is 4.49. The van der Waals surface area contributed by atoms with E-state index in [0.717, 1.165) is 12.3 Å². The van der Waals surface area contributed by atoms with Crippen LogP contribution < -0.4 is 0 Å². The lowest BCUT2D eigenvalue weighted by Gasteiger charge is -2.55. The Bertz CT molecular complexity index is 526. The second-order valence-corrected chi connectivity index (χ2v) is 7.54. The molecule has 2 nitrogen and oxygen atoms in total. The van der Waals surface area contributed by atoms with Gasteiger partial charge in [0, 0.05) is 6.04 Å². The average molecular weight is 301 g/mol. The summed E-state index contributed by atoms with van der Waals surface area (Å²) >= 11 is 0. The van der Waals surface area contributed by atoms with Crippen LogP contribution in [-0.4, -0.2) is 29.1 Å². The molecule has 0 spiro atoms. The molecule has 2 aliphatic rings. The van der Waals surface area contributed by atoms with Crippen molar-refractivity contribution < 1.29 is 5.11 Å². The number of rotatable bonds is 5.